The Morgan fingerprint density at radius 3 is 2.70 bits per heavy atom. The molecule has 0 spiro atoms. The molecule has 2 aromatic heterocycles. The third kappa shape index (κ3) is 4.22. The molecule has 0 radical (unpaired) electrons. The Bertz CT molecular complexity index is 1420. The van der Waals surface area contributed by atoms with E-state index in [1.165, 1.54) is 24.0 Å². The number of ether oxygens (including phenoxy) is 2. The van der Waals surface area contributed by atoms with Crippen LogP contribution in [0.1, 0.15) is 17.3 Å². The molecule has 0 aliphatic carbocycles. The molecule has 4 aromatic rings. The summed E-state index contributed by atoms with van der Waals surface area (Å²) in [4.78, 5) is 29.0. The SMILES string of the molecule is CCNC(=O)c1cccc(-c2c(=O)ncn3nc(Oc4ccc(F)cc4F)ccc23)c1OC. The van der Waals surface area contributed by atoms with Crippen LogP contribution in [0.2, 0.25) is 0 Å². The molecule has 0 aliphatic rings. The molecule has 0 unspecified atom stereocenters. The molecule has 0 saturated heterocycles. The number of methoxy groups -OCH3 is 1. The van der Waals surface area contributed by atoms with Crippen molar-refractivity contribution in [2.75, 3.05) is 13.7 Å². The number of hydrogen-bond donors (Lipinski definition) is 1. The Balaban J connectivity index is 1.83. The van der Waals surface area contributed by atoms with E-state index in [0.717, 1.165) is 12.1 Å². The van der Waals surface area contributed by atoms with E-state index < -0.39 is 17.2 Å². The number of nitrogens with one attached hydrogen (secondary N) is 1. The lowest BCUT2D eigenvalue weighted by atomic mass is 10.0. The number of hydrogen-bond acceptors (Lipinski definition) is 6. The molecule has 0 aliphatic heterocycles. The molecule has 2 aromatic carbocycles. The molecule has 0 atom stereocenters. The third-order valence-corrected chi connectivity index (χ3v) is 4.77. The first-order valence-corrected chi connectivity index (χ1v) is 9.90. The number of carbonyl (C=O) groups excluding carboxylic acids is 1. The molecule has 10 heteroatoms. The molecule has 1 N–H and O–H groups in total. The van der Waals surface area contributed by atoms with Crippen LogP contribution < -0.4 is 20.3 Å². The molecule has 33 heavy (non-hydrogen) atoms. The molecule has 0 bridgehead atoms. The fraction of sp³-hybridized carbons (Fsp3) is 0.130. The smallest absolute Gasteiger partial charge is 0.281 e. The van der Waals surface area contributed by atoms with Gasteiger partial charge in [0, 0.05) is 24.2 Å². The summed E-state index contributed by atoms with van der Waals surface area (Å²) in [7, 11) is 1.40. The molecule has 0 saturated carbocycles. The van der Waals surface area contributed by atoms with E-state index in [1.807, 2.05) is 0 Å². The highest BCUT2D eigenvalue weighted by atomic mass is 19.1. The van der Waals surface area contributed by atoms with Crippen LogP contribution in [0.3, 0.4) is 0 Å². The number of nitrogens with zero attached hydrogens (tertiary/aromatic N) is 3. The van der Waals surface area contributed by atoms with Gasteiger partial charge in [0.25, 0.3) is 11.5 Å². The maximum absolute atomic E-state index is 13.9. The number of fused-ring (bicyclic) bond motifs is 1. The zero-order valence-corrected chi connectivity index (χ0v) is 17.6. The normalized spacial score (nSPS) is 10.8. The maximum atomic E-state index is 13.9. The Morgan fingerprint density at radius 2 is 1.97 bits per heavy atom. The summed E-state index contributed by atoms with van der Waals surface area (Å²) in [5.41, 5.74) is 0.581. The van der Waals surface area contributed by atoms with Crippen LogP contribution in [0.15, 0.2) is 59.7 Å². The average Bonchev–Trinajstić information content (AvgIpc) is 2.80. The van der Waals surface area contributed by atoms with Crippen molar-refractivity contribution in [3.63, 3.8) is 0 Å². The van der Waals surface area contributed by atoms with E-state index in [1.54, 1.807) is 31.2 Å². The van der Waals surface area contributed by atoms with Crippen molar-refractivity contribution >= 4 is 11.4 Å². The van der Waals surface area contributed by atoms with Crippen LogP contribution in [0.4, 0.5) is 8.78 Å². The van der Waals surface area contributed by atoms with Gasteiger partial charge in [-0.3, -0.25) is 9.59 Å². The molecular weight excluding hydrogens is 434 g/mol. The number of aromatic nitrogens is 3. The van der Waals surface area contributed by atoms with Crippen LogP contribution in [0.25, 0.3) is 16.6 Å². The second-order valence-corrected chi connectivity index (χ2v) is 6.85. The van der Waals surface area contributed by atoms with Gasteiger partial charge in [0.05, 0.1) is 23.8 Å². The number of carbonyl (C=O) groups is 1. The van der Waals surface area contributed by atoms with Gasteiger partial charge in [0.15, 0.2) is 11.6 Å². The predicted octanol–water partition coefficient (Wildman–Crippen LogP) is 3.59. The lowest BCUT2D eigenvalue weighted by molar-refractivity contribution is 0.0953. The number of para-hydroxylation sites is 1. The van der Waals surface area contributed by atoms with E-state index in [0.29, 0.717) is 23.7 Å². The van der Waals surface area contributed by atoms with E-state index in [4.69, 9.17) is 9.47 Å². The third-order valence-electron chi connectivity index (χ3n) is 4.77. The summed E-state index contributed by atoms with van der Waals surface area (Å²) in [6.07, 6.45) is 1.19. The number of amides is 1. The van der Waals surface area contributed by atoms with Crippen molar-refractivity contribution in [2.45, 2.75) is 6.92 Å². The monoisotopic (exact) mass is 452 g/mol. The minimum atomic E-state index is -0.887. The molecule has 8 nitrogen and oxygen atoms in total. The summed E-state index contributed by atoms with van der Waals surface area (Å²) >= 11 is 0. The Hall–Kier alpha value is -4.34. The van der Waals surface area contributed by atoms with Gasteiger partial charge >= 0.3 is 0 Å². The predicted molar refractivity (Wildman–Crippen MR) is 116 cm³/mol. The van der Waals surface area contributed by atoms with E-state index in [-0.39, 0.29) is 34.4 Å². The molecule has 4 rings (SSSR count). The van der Waals surface area contributed by atoms with Gasteiger partial charge in [-0.15, -0.1) is 5.10 Å². The number of rotatable bonds is 6. The van der Waals surface area contributed by atoms with Crippen LogP contribution in [-0.4, -0.2) is 34.2 Å². The zero-order valence-electron chi connectivity index (χ0n) is 17.6. The van der Waals surface area contributed by atoms with Crippen molar-refractivity contribution in [3.05, 3.63) is 82.4 Å². The number of benzene rings is 2. The summed E-state index contributed by atoms with van der Waals surface area (Å²) < 4.78 is 39.2. The van der Waals surface area contributed by atoms with Gasteiger partial charge in [-0.2, -0.15) is 4.98 Å². The van der Waals surface area contributed by atoms with Crippen LogP contribution in [0, 0.1) is 11.6 Å². The number of halogens is 2. The summed E-state index contributed by atoms with van der Waals surface area (Å²) in [6, 6.07) is 10.7. The zero-order chi connectivity index (χ0) is 23.5. The van der Waals surface area contributed by atoms with E-state index in [9.17, 15) is 18.4 Å². The van der Waals surface area contributed by atoms with Crippen LogP contribution >= 0.6 is 0 Å². The Labute approximate surface area is 186 Å². The molecule has 168 valence electrons. The lowest BCUT2D eigenvalue weighted by Crippen LogP contribution is -2.23. The van der Waals surface area contributed by atoms with Crippen molar-refractivity contribution in [3.8, 4) is 28.5 Å². The van der Waals surface area contributed by atoms with E-state index >= 15 is 0 Å². The van der Waals surface area contributed by atoms with Crippen LogP contribution in [-0.2, 0) is 0 Å². The van der Waals surface area contributed by atoms with Gasteiger partial charge in [-0.25, -0.2) is 13.3 Å². The van der Waals surface area contributed by atoms with Crippen molar-refractivity contribution in [2.24, 2.45) is 0 Å². The largest absolute Gasteiger partial charge is 0.495 e. The fourth-order valence-corrected chi connectivity index (χ4v) is 3.35. The molecule has 2 heterocycles. The molecule has 1 amide bonds. The van der Waals surface area contributed by atoms with Gasteiger partial charge in [-0.1, -0.05) is 12.1 Å². The van der Waals surface area contributed by atoms with Gasteiger partial charge < -0.3 is 14.8 Å². The molecular formula is C23H18F2N4O4. The summed E-state index contributed by atoms with van der Waals surface area (Å²) in [5.74, 6) is -1.98. The van der Waals surface area contributed by atoms with Crippen molar-refractivity contribution in [1.82, 2.24) is 19.9 Å². The topological polar surface area (TPSA) is 94.8 Å². The van der Waals surface area contributed by atoms with Crippen LogP contribution in [0.5, 0.6) is 17.4 Å². The minimum absolute atomic E-state index is 0.00699. The first-order valence-electron chi connectivity index (χ1n) is 9.90. The fourth-order valence-electron chi connectivity index (χ4n) is 3.35. The lowest BCUT2D eigenvalue weighted by Gasteiger charge is -2.14. The van der Waals surface area contributed by atoms with Crippen molar-refractivity contribution in [1.29, 1.82) is 0 Å². The first-order chi connectivity index (χ1) is 15.9. The Kier molecular flexibility index (Phi) is 5.99. The standard InChI is InChI=1S/C23H18F2N4O4/c1-3-26-22(30)15-6-4-5-14(21(15)32-2)20-17-8-10-19(28-29(17)12-27-23(20)31)33-18-9-7-13(24)11-16(18)25/h4-12H,3H2,1-2H3,(H,26,30). The van der Waals surface area contributed by atoms with E-state index in [2.05, 4.69) is 15.4 Å². The first kappa shape index (κ1) is 21.9. The van der Waals surface area contributed by atoms with Gasteiger partial charge in [0.2, 0.25) is 5.88 Å². The quantitative estimate of drug-likeness (QED) is 0.481. The highest BCUT2D eigenvalue weighted by Crippen LogP contribution is 2.34. The second kappa shape index (κ2) is 9.03. The second-order valence-electron chi connectivity index (χ2n) is 6.85. The minimum Gasteiger partial charge on any atom is -0.495 e. The molecule has 0 fully saturated rings. The summed E-state index contributed by atoms with van der Waals surface area (Å²) in [6.45, 7) is 2.21. The highest BCUT2D eigenvalue weighted by Gasteiger charge is 2.21. The summed E-state index contributed by atoms with van der Waals surface area (Å²) in [5, 5.41) is 6.92. The average molecular weight is 452 g/mol. The van der Waals surface area contributed by atoms with Gasteiger partial charge in [0.1, 0.15) is 17.9 Å². The van der Waals surface area contributed by atoms with Crippen molar-refractivity contribution < 1.29 is 23.0 Å². The maximum Gasteiger partial charge on any atom is 0.281 e. The highest BCUT2D eigenvalue weighted by molar-refractivity contribution is 6.00. The van der Waals surface area contributed by atoms with Gasteiger partial charge in [-0.05, 0) is 31.2 Å². The Morgan fingerprint density at radius 1 is 1.15 bits per heavy atom.